The van der Waals surface area contributed by atoms with Crippen LogP contribution < -0.4 is 4.74 Å². The van der Waals surface area contributed by atoms with Crippen LogP contribution in [0.5, 0.6) is 5.88 Å². The van der Waals surface area contributed by atoms with Crippen LogP contribution in [0.15, 0.2) is 40.9 Å². The van der Waals surface area contributed by atoms with E-state index in [9.17, 15) is 0 Å². The number of rotatable bonds is 6. The van der Waals surface area contributed by atoms with Crippen LogP contribution in [0.25, 0.3) is 22.6 Å². The molecule has 5 heteroatoms. The number of benzene rings is 1. The maximum Gasteiger partial charge on any atom is 0.226 e. The summed E-state index contributed by atoms with van der Waals surface area (Å²) in [7, 11) is 1.60. The van der Waals surface area contributed by atoms with Crippen LogP contribution in [0.4, 0.5) is 0 Å². The Bertz CT molecular complexity index is 810. The molecule has 0 aliphatic carbocycles. The van der Waals surface area contributed by atoms with Crippen molar-refractivity contribution in [1.82, 2.24) is 15.1 Å². The Labute approximate surface area is 141 Å². The largest absolute Gasteiger partial charge is 0.480 e. The predicted octanol–water partition coefficient (Wildman–Crippen LogP) is 4.46. The lowest BCUT2D eigenvalue weighted by Crippen LogP contribution is -1.95. The topological polar surface area (TPSA) is 61.0 Å². The molecule has 0 saturated carbocycles. The number of nitrogens with zero attached hydrogens (tertiary/aromatic N) is 3. The molecule has 0 unspecified atom stereocenters. The van der Waals surface area contributed by atoms with Gasteiger partial charge in [-0.15, -0.1) is 0 Å². The summed E-state index contributed by atoms with van der Waals surface area (Å²) in [6.07, 6.45) is 2.91. The summed E-state index contributed by atoms with van der Waals surface area (Å²) in [5.74, 6) is 1.66. The average molecular weight is 323 g/mol. The zero-order chi connectivity index (χ0) is 16.9. The molecule has 0 radical (unpaired) electrons. The standard InChI is InChI=1S/C19H21N3O2/c1-4-5-6-17-21-18(22-24-17)15-11-12-16(20-19(15)23-3)14-9-7-13(2)8-10-14/h7-12H,4-6H2,1-3H3. The number of aromatic nitrogens is 3. The highest BCUT2D eigenvalue weighted by atomic mass is 16.5. The monoisotopic (exact) mass is 323 g/mol. The molecule has 2 heterocycles. The fourth-order valence-corrected chi connectivity index (χ4v) is 2.45. The molecule has 24 heavy (non-hydrogen) atoms. The Kier molecular flexibility index (Phi) is 4.89. The van der Waals surface area contributed by atoms with Gasteiger partial charge in [-0.25, -0.2) is 4.98 Å². The van der Waals surface area contributed by atoms with Gasteiger partial charge in [0.15, 0.2) is 0 Å². The minimum Gasteiger partial charge on any atom is -0.480 e. The first kappa shape index (κ1) is 16.2. The van der Waals surface area contributed by atoms with E-state index < -0.39 is 0 Å². The maximum atomic E-state index is 5.44. The van der Waals surface area contributed by atoms with Gasteiger partial charge in [0.05, 0.1) is 18.4 Å². The number of aryl methyl sites for hydroxylation is 2. The summed E-state index contributed by atoms with van der Waals surface area (Å²) in [5, 5.41) is 4.06. The van der Waals surface area contributed by atoms with Crippen molar-refractivity contribution < 1.29 is 9.26 Å². The number of unbranched alkanes of at least 4 members (excludes halogenated alkanes) is 1. The van der Waals surface area contributed by atoms with E-state index in [1.807, 2.05) is 24.3 Å². The molecule has 3 aromatic rings. The fraction of sp³-hybridized carbons (Fsp3) is 0.316. The molecule has 0 aliphatic heterocycles. The second kappa shape index (κ2) is 7.25. The third-order valence-corrected chi connectivity index (χ3v) is 3.85. The molecule has 0 atom stereocenters. The first-order chi connectivity index (χ1) is 11.7. The van der Waals surface area contributed by atoms with E-state index in [-0.39, 0.29) is 0 Å². The summed E-state index contributed by atoms with van der Waals surface area (Å²) in [4.78, 5) is 9.04. The zero-order valence-electron chi connectivity index (χ0n) is 14.2. The van der Waals surface area contributed by atoms with Crippen molar-refractivity contribution in [3.8, 4) is 28.5 Å². The van der Waals surface area contributed by atoms with E-state index in [0.717, 1.165) is 36.1 Å². The van der Waals surface area contributed by atoms with Crippen LogP contribution >= 0.6 is 0 Å². The van der Waals surface area contributed by atoms with Crippen LogP contribution in [0.2, 0.25) is 0 Å². The number of pyridine rings is 1. The lowest BCUT2D eigenvalue weighted by atomic mass is 10.1. The van der Waals surface area contributed by atoms with E-state index in [1.54, 1.807) is 7.11 Å². The first-order valence-corrected chi connectivity index (χ1v) is 8.16. The summed E-state index contributed by atoms with van der Waals surface area (Å²) in [5.41, 5.74) is 3.85. The molecule has 0 amide bonds. The second-order valence-electron chi connectivity index (χ2n) is 5.73. The molecule has 1 aromatic carbocycles. The zero-order valence-corrected chi connectivity index (χ0v) is 14.2. The summed E-state index contributed by atoms with van der Waals surface area (Å²) < 4.78 is 10.7. The highest BCUT2D eigenvalue weighted by molar-refractivity contribution is 5.67. The van der Waals surface area contributed by atoms with Gasteiger partial charge < -0.3 is 9.26 Å². The van der Waals surface area contributed by atoms with E-state index >= 15 is 0 Å². The molecular weight excluding hydrogens is 302 g/mol. The SMILES string of the molecule is CCCCc1nc(-c2ccc(-c3ccc(C)cc3)nc2OC)no1. The van der Waals surface area contributed by atoms with Crippen LogP contribution in [-0.4, -0.2) is 22.2 Å². The van der Waals surface area contributed by atoms with Gasteiger partial charge in [-0.2, -0.15) is 4.98 Å². The fourth-order valence-electron chi connectivity index (χ4n) is 2.45. The highest BCUT2D eigenvalue weighted by Crippen LogP contribution is 2.29. The Morgan fingerprint density at radius 3 is 2.54 bits per heavy atom. The quantitative estimate of drug-likeness (QED) is 0.670. The van der Waals surface area contributed by atoms with Gasteiger partial charge in [-0.3, -0.25) is 0 Å². The Balaban J connectivity index is 1.92. The van der Waals surface area contributed by atoms with Gasteiger partial charge in [0.1, 0.15) is 0 Å². The van der Waals surface area contributed by atoms with Crippen LogP contribution in [0.1, 0.15) is 31.2 Å². The number of ether oxygens (including phenoxy) is 1. The van der Waals surface area contributed by atoms with Crippen LogP contribution in [0.3, 0.4) is 0 Å². The summed E-state index contributed by atoms with van der Waals surface area (Å²) in [6.45, 7) is 4.20. The Hall–Kier alpha value is -2.69. The normalized spacial score (nSPS) is 10.8. The number of hydrogen-bond acceptors (Lipinski definition) is 5. The van der Waals surface area contributed by atoms with Gasteiger partial charge in [-0.1, -0.05) is 48.3 Å². The Morgan fingerprint density at radius 1 is 1.04 bits per heavy atom. The predicted molar refractivity (Wildman–Crippen MR) is 92.9 cm³/mol. The van der Waals surface area contributed by atoms with Crippen molar-refractivity contribution in [2.45, 2.75) is 33.1 Å². The molecule has 0 spiro atoms. The third kappa shape index (κ3) is 3.45. The Morgan fingerprint density at radius 2 is 1.83 bits per heavy atom. The van der Waals surface area contributed by atoms with E-state index in [1.165, 1.54) is 5.56 Å². The average Bonchev–Trinajstić information content (AvgIpc) is 3.08. The molecule has 124 valence electrons. The molecule has 2 aromatic heterocycles. The van der Waals surface area contributed by atoms with Crippen LogP contribution in [-0.2, 0) is 6.42 Å². The van der Waals surface area contributed by atoms with Crippen molar-refractivity contribution in [2.24, 2.45) is 0 Å². The molecule has 0 bridgehead atoms. The lowest BCUT2D eigenvalue weighted by molar-refractivity contribution is 0.374. The van der Waals surface area contributed by atoms with Crippen molar-refractivity contribution in [3.63, 3.8) is 0 Å². The van der Waals surface area contributed by atoms with Crippen molar-refractivity contribution in [1.29, 1.82) is 0 Å². The van der Waals surface area contributed by atoms with E-state index in [0.29, 0.717) is 17.6 Å². The minimum atomic E-state index is 0.496. The number of methoxy groups -OCH3 is 1. The lowest BCUT2D eigenvalue weighted by Gasteiger charge is -2.07. The minimum absolute atomic E-state index is 0.496. The summed E-state index contributed by atoms with van der Waals surface area (Å²) in [6, 6.07) is 12.1. The molecular formula is C19H21N3O2. The van der Waals surface area contributed by atoms with Crippen molar-refractivity contribution in [2.75, 3.05) is 7.11 Å². The molecule has 3 rings (SSSR count). The molecule has 0 saturated heterocycles. The van der Waals surface area contributed by atoms with Gasteiger partial charge >= 0.3 is 0 Å². The maximum absolute atomic E-state index is 5.44. The van der Waals surface area contributed by atoms with Gasteiger partial charge in [0.25, 0.3) is 0 Å². The second-order valence-corrected chi connectivity index (χ2v) is 5.73. The van der Waals surface area contributed by atoms with Gasteiger partial charge in [-0.05, 0) is 25.5 Å². The van der Waals surface area contributed by atoms with Gasteiger partial charge in [0, 0.05) is 12.0 Å². The van der Waals surface area contributed by atoms with Gasteiger partial charge in [0.2, 0.25) is 17.6 Å². The smallest absolute Gasteiger partial charge is 0.226 e. The third-order valence-electron chi connectivity index (χ3n) is 3.85. The van der Waals surface area contributed by atoms with Crippen molar-refractivity contribution >= 4 is 0 Å². The van der Waals surface area contributed by atoms with Crippen LogP contribution in [0, 0.1) is 6.92 Å². The molecule has 5 nitrogen and oxygen atoms in total. The molecule has 0 aliphatic rings. The molecule has 0 fully saturated rings. The molecule has 0 N–H and O–H groups in total. The van der Waals surface area contributed by atoms with E-state index in [2.05, 4.69) is 41.1 Å². The van der Waals surface area contributed by atoms with E-state index in [4.69, 9.17) is 9.26 Å². The highest BCUT2D eigenvalue weighted by Gasteiger charge is 2.15. The first-order valence-electron chi connectivity index (χ1n) is 8.16. The van der Waals surface area contributed by atoms with Crippen molar-refractivity contribution in [3.05, 3.63) is 47.9 Å². The summed E-state index contributed by atoms with van der Waals surface area (Å²) >= 11 is 0. The number of hydrogen-bond donors (Lipinski definition) is 0.